The first-order chi connectivity index (χ1) is 8.11. The van der Waals surface area contributed by atoms with Crippen LogP contribution in [0.1, 0.15) is 19.8 Å². The molecule has 2 unspecified atom stereocenters. The molecule has 1 aliphatic rings. The normalized spacial score (nSPS) is 24.8. The molecule has 4 heteroatoms. The molecule has 1 aromatic carbocycles. The molecule has 0 spiro atoms. The van der Waals surface area contributed by atoms with Crippen LogP contribution in [-0.4, -0.2) is 25.7 Å². The summed E-state index contributed by atoms with van der Waals surface area (Å²) in [5.74, 6) is -0.0258. The predicted octanol–water partition coefficient (Wildman–Crippen LogP) is 2.15. The molecule has 94 valence electrons. The third-order valence-corrected chi connectivity index (χ3v) is 3.38. The SMILES string of the molecule is COc1ccc(N2CCC(N)CC2C)cc1F. The number of halogens is 1. The monoisotopic (exact) mass is 238 g/mol. The number of benzene rings is 1. The van der Waals surface area contributed by atoms with E-state index in [0.717, 1.165) is 25.1 Å². The molecule has 0 aromatic heterocycles. The van der Waals surface area contributed by atoms with Gasteiger partial charge in [0.05, 0.1) is 7.11 Å². The van der Waals surface area contributed by atoms with Crippen molar-refractivity contribution in [2.24, 2.45) is 5.73 Å². The summed E-state index contributed by atoms with van der Waals surface area (Å²) < 4.78 is 18.6. The second-order valence-electron chi connectivity index (χ2n) is 4.65. The highest BCUT2D eigenvalue weighted by molar-refractivity contribution is 5.51. The summed E-state index contributed by atoms with van der Waals surface area (Å²) in [5.41, 5.74) is 6.83. The van der Waals surface area contributed by atoms with Gasteiger partial charge < -0.3 is 15.4 Å². The molecule has 1 fully saturated rings. The Morgan fingerprint density at radius 3 is 2.82 bits per heavy atom. The third-order valence-electron chi connectivity index (χ3n) is 3.38. The van der Waals surface area contributed by atoms with Gasteiger partial charge in [-0.3, -0.25) is 0 Å². The van der Waals surface area contributed by atoms with Crippen molar-refractivity contribution >= 4 is 5.69 Å². The summed E-state index contributed by atoms with van der Waals surface area (Å²) in [6.45, 7) is 3.01. The van der Waals surface area contributed by atoms with Gasteiger partial charge in [0.2, 0.25) is 0 Å². The smallest absolute Gasteiger partial charge is 0.167 e. The van der Waals surface area contributed by atoms with Crippen LogP contribution in [0.3, 0.4) is 0 Å². The Labute approximate surface area is 101 Å². The Morgan fingerprint density at radius 2 is 2.24 bits per heavy atom. The van der Waals surface area contributed by atoms with Gasteiger partial charge in [0.1, 0.15) is 0 Å². The summed E-state index contributed by atoms with van der Waals surface area (Å²) in [6, 6.07) is 5.73. The molecule has 0 amide bonds. The van der Waals surface area contributed by atoms with Crippen LogP contribution in [0.15, 0.2) is 18.2 Å². The largest absolute Gasteiger partial charge is 0.494 e. The van der Waals surface area contributed by atoms with Gasteiger partial charge in [-0.1, -0.05) is 0 Å². The van der Waals surface area contributed by atoms with Gasteiger partial charge in [-0.2, -0.15) is 0 Å². The molecule has 1 saturated heterocycles. The highest BCUT2D eigenvalue weighted by atomic mass is 19.1. The molecular formula is C13H19FN2O. The maximum Gasteiger partial charge on any atom is 0.167 e. The summed E-state index contributed by atoms with van der Waals surface area (Å²) in [7, 11) is 1.47. The standard InChI is InChI=1S/C13H19FN2O/c1-9-7-10(15)5-6-16(9)11-3-4-13(17-2)12(14)8-11/h3-4,8-10H,5-7,15H2,1-2H3. The van der Waals surface area contributed by atoms with Crippen molar-refractivity contribution in [3.8, 4) is 5.75 Å². The van der Waals surface area contributed by atoms with Crippen molar-refractivity contribution in [3.05, 3.63) is 24.0 Å². The molecule has 0 aliphatic carbocycles. The lowest BCUT2D eigenvalue weighted by Gasteiger charge is -2.38. The number of ether oxygens (including phenoxy) is 1. The van der Waals surface area contributed by atoms with Crippen LogP contribution in [0.2, 0.25) is 0 Å². The minimum absolute atomic E-state index is 0.268. The van der Waals surface area contributed by atoms with Gasteiger partial charge >= 0.3 is 0 Å². The fraction of sp³-hybridized carbons (Fsp3) is 0.538. The highest BCUT2D eigenvalue weighted by Crippen LogP contribution is 2.28. The summed E-state index contributed by atoms with van der Waals surface area (Å²) in [5, 5.41) is 0. The minimum atomic E-state index is -0.313. The lowest BCUT2D eigenvalue weighted by Crippen LogP contribution is -2.45. The van der Waals surface area contributed by atoms with Crippen molar-refractivity contribution in [2.45, 2.75) is 31.8 Å². The quantitative estimate of drug-likeness (QED) is 0.858. The molecule has 0 bridgehead atoms. The number of hydrogen-bond acceptors (Lipinski definition) is 3. The van der Waals surface area contributed by atoms with Crippen molar-refractivity contribution in [3.63, 3.8) is 0 Å². The van der Waals surface area contributed by atoms with Gasteiger partial charge in [0.25, 0.3) is 0 Å². The first kappa shape index (κ1) is 12.2. The molecular weight excluding hydrogens is 219 g/mol. The Hall–Kier alpha value is -1.29. The molecule has 0 radical (unpaired) electrons. The van der Waals surface area contributed by atoms with E-state index in [1.165, 1.54) is 13.2 Å². The van der Waals surface area contributed by atoms with Gasteiger partial charge in [0, 0.05) is 30.4 Å². The van der Waals surface area contributed by atoms with E-state index in [0.29, 0.717) is 6.04 Å². The summed E-state index contributed by atoms with van der Waals surface area (Å²) in [6.07, 6.45) is 1.91. The summed E-state index contributed by atoms with van der Waals surface area (Å²) in [4.78, 5) is 2.20. The number of nitrogens with zero attached hydrogens (tertiary/aromatic N) is 1. The topological polar surface area (TPSA) is 38.5 Å². The van der Waals surface area contributed by atoms with Crippen molar-refractivity contribution in [1.82, 2.24) is 0 Å². The minimum Gasteiger partial charge on any atom is -0.494 e. The van der Waals surface area contributed by atoms with Crippen LogP contribution in [0, 0.1) is 5.82 Å². The predicted molar refractivity (Wildman–Crippen MR) is 67.0 cm³/mol. The Morgan fingerprint density at radius 1 is 1.47 bits per heavy atom. The van der Waals surface area contributed by atoms with E-state index in [-0.39, 0.29) is 17.6 Å². The highest BCUT2D eigenvalue weighted by Gasteiger charge is 2.23. The van der Waals surface area contributed by atoms with E-state index < -0.39 is 0 Å². The zero-order valence-corrected chi connectivity index (χ0v) is 10.3. The summed E-state index contributed by atoms with van der Waals surface area (Å²) >= 11 is 0. The van der Waals surface area contributed by atoms with Gasteiger partial charge in [-0.05, 0) is 31.9 Å². The number of anilines is 1. The van der Waals surface area contributed by atoms with E-state index in [1.807, 2.05) is 6.07 Å². The lowest BCUT2D eigenvalue weighted by molar-refractivity contribution is 0.385. The van der Waals surface area contributed by atoms with E-state index in [1.54, 1.807) is 6.07 Å². The van der Waals surface area contributed by atoms with E-state index in [4.69, 9.17) is 10.5 Å². The maximum atomic E-state index is 13.6. The second kappa shape index (κ2) is 4.92. The van der Waals surface area contributed by atoms with E-state index in [9.17, 15) is 4.39 Å². The molecule has 1 aromatic rings. The van der Waals surface area contributed by atoms with Crippen LogP contribution in [0.4, 0.5) is 10.1 Å². The number of nitrogens with two attached hydrogens (primary N) is 1. The number of rotatable bonds is 2. The lowest BCUT2D eigenvalue weighted by atomic mass is 9.98. The molecule has 1 aliphatic heterocycles. The third kappa shape index (κ3) is 2.52. The zero-order chi connectivity index (χ0) is 12.4. The van der Waals surface area contributed by atoms with Crippen LogP contribution in [0.25, 0.3) is 0 Å². The number of methoxy groups -OCH3 is 1. The van der Waals surface area contributed by atoms with E-state index >= 15 is 0 Å². The number of hydrogen-bond donors (Lipinski definition) is 1. The molecule has 2 rings (SSSR count). The van der Waals surface area contributed by atoms with Gasteiger partial charge in [-0.15, -0.1) is 0 Å². The van der Waals surface area contributed by atoms with E-state index in [2.05, 4.69) is 11.8 Å². The fourth-order valence-electron chi connectivity index (χ4n) is 2.43. The van der Waals surface area contributed by atoms with Gasteiger partial charge in [-0.25, -0.2) is 4.39 Å². The van der Waals surface area contributed by atoms with Crippen molar-refractivity contribution in [1.29, 1.82) is 0 Å². The molecule has 17 heavy (non-hydrogen) atoms. The van der Waals surface area contributed by atoms with Crippen LogP contribution >= 0.6 is 0 Å². The zero-order valence-electron chi connectivity index (χ0n) is 10.3. The van der Waals surface area contributed by atoms with Crippen LogP contribution in [-0.2, 0) is 0 Å². The molecule has 2 N–H and O–H groups in total. The molecule has 1 heterocycles. The van der Waals surface area contributed by atoms with Crippen molar-refractivity contribution < 1.29 is 9.13 Å². The van der Waals surface area contributed by atoms with Crippen molar-refractivity contribution in [2.75, 3.05) is 18.6 Å². The average Bonchev–Trinajstić information content (AvgIpc) is 2.29. The average molecular weight is 238 g/mol. The Kier molecular flexibility index (Phi) is 3.52. The Bertz CT molecular complexity index is 397. The molecule has 0 saturated carbocycles. The second-order valence-corrected chi connectivity index (χ2v) is 4.65. The fourth-order valence-corrected chi connectivity index (χ4v) is 2.43. The van der Waals surface area contributed by atoms with Gasteiger partial charge in [0.15, 0.2) is 11.6 Å². The first-order valence-electron chi connectivity index (χ1n) is 5.97. The number of piperidine rings is 1. The molecule has 2 atom stereocenters. The van der Waals surface area contributed by atoms with Crippen LogP contribution < -0.4 is 15.4 Å². The Balaban J connectivity index is 2.19. The molecule has 3 nitrogen and oxygen atoms in total. The maximum absolute atomic E-state index is 13.6. The van der Waals surface area contributed by atoms with Crippen LogP contribution in [0.5, 0.6) is 5.75 Å². The first-order valence-corrected chi connectivity index (χ1v) is 5.97.